The first kappa shape index (κ1) is 17.2. The Morgan fingerprint density at radius 3 is 2.85 bits per heavy atom. The van der Waals surface area contributed by atoms with Crippen molar-refractivity contribution in [1.29, 1.82) is 0 Å². The Morgan fingerprint density at radius 2 is 2.15 bits per heavy atom. The molecule has 1 aromatic rings. The molecule has 0 fully saturated rings. The molecule has 0 saturated carbocycles. The van der Waals surface area contributed by atoms with Gasteiger partial charge in [0.15, 0.2) is 5.70 Å². The maximum absolute atomic E-state index is 12.8. The summed E-state index contributed by atoms with van der Waals surface area (Å²) in [6.45, 7) is 3.35. The fraction of sp³-hybridized carbons (Fsp3) is 0.412. The van der Waals surface area contributed by atoms with Gasteiger partial charge in [-0.3, -0.25) is 0 Å². The molecule has 0 aromatic heterocycles. The van der Waals surface area contributed by atoms with E-state index in [0.717, 1.165) is 52.8 Å². The Hall–Kier alpha value is -2.26. The van der Waals surface area contributed by atoms with E-state index >= 15 is 0 Å². The van der Waals surface area contributed by atoms with Gasteiger partial charge in [-0.15, -0.1) is 0 Å². The molecule has 0 radical (unpaired) electrons. The molecule has 0 spiro atoms. The zero-order chi connectivity index (χ0) is 18.3. The summed E-state index contributed by atoms with van der Waals surface area (Å²) in [6, 6.07) is 7.68. The highest BCUT2D eigenvalue weighted by Crippen LogP contribution is 2.35. The number of aliphatic imine (C=N–C) groups is 2. The summed E-state index contributed by atoms with van der Waals surface area (Å²) in [5.74, 6) is 2.11. The van der Waals surface area contributed by atoms with Gasteiger partial charge >= 0.3 is 11.8 Å². The van der Waals surface area contributed by atoms with E-state index in [4.69, 9.17) is 4.74 Å². The number of hydrogen-bond donors (Lipinski definition) is 1. The number of nitrogens with one attached hydrogen (secondary N) is 1. The number of methoxy groups -OCH3 is 1. The minimum Gasteiger partial charge on any atom is -0.497 e. The number of unbranched alkanes of at least 4 members (excludes halogenated alkanes) is 1. The largest absolute Gasteiger partial charge is 0.497 e. The van der Waals surface area contributed by atoms with E-state index in [1.165, 1.54) is 0 Å². The maximum atomic E-state index is 12.8. The van der Waals surface area contributed by atoms with Crippen LogP contribution in [0.3, 0.4) is 0 Å². The second-order valence-electron chi connectivity index (χ2n) is 6.13. The van der Waals surface area contributed by atoms with Gasteiger partial charge in [-0.05, 0) is 46.6 Å². The van der Waals surface area contributed by atoms with Crippen molar-refractivity contribution in [2.75, 3.05) is 20.3 Å². The monoisotopic (exact) mass is 419 g/mol. The van der Waals surface area contributed by atoms with E-state index < -0.39 is 5.08 Å². The minimum atomic E-state index is -0.678. The Bertz CT molecular complexity index is 832. The highest BCUT2D eigenvalue weighted by molar-refractivity contribution is 9.09. The molecule has 9 heteroatoms. The molecule has 1 atom stereocenters. The van der Waals surface area contributed by atoms with Crippen LogP contribution in [0.5, 0.6) is 5.75 Å². The standard InChI is InChI=1S/C17H20BrN6O2/c1-3-4-9-22-15-14(23-17(22)19-10-20-23)13(21-16(18)24(15)25)11-5-7-12(26-2)8-6-11/h5-8,16,20H,3-4,9-10H2,1-2H3/q+1. The van der Waals surface area contributed by atoms with E-state index in [0.29, 0.717) is 12.5 Å². The van der Waals surface area contributed by atoms with Crippen LogP contribution in [0.25, 0.3) is 0 Å². The molecule has 3 aliphatic heterocycles. The average Bonchev–Trinajstić information content (AvgIpc) is 3.24. The van der Waals surface area contributed by atoms with Crippen LogP contribution in [0.1, 0.15) is 25.3 Å². The summed E-state index contributed by atoms with van der Waals surface area (Å²) >= 11 is 3.39. The molecule has 0 saturated heterocycles. The number of ether oxygens (including phenoxy) is 1. The number of fused-ring (bicyclic) bond motifs is 2. The molecule has 0 aliphatic carbocycles. The lowest BCUT2D eigenvalue weighted by molar-refractivity contribution is -0.524. The summed E-state index contributed by atoms with van der Waals surface area (Å²) in [5.41, 5.74) is 5.63. The quantitative estimate of drug-likeness (QED) is 0.450. The lowest BCUT2D eigenvalue weighted by atomic mass is 10.1. The van der Waals surface area contributed by atoms with Gasteiger partial charge in [-0.25, -0.2) is 20.4 Å². The summed E-state index contributed by atoms with van der Waals surface area (Å²) in [7, 11) is 1.64. The first-order valence-electron chi connectivity index (χ1n) is 8.58. The second-order valence-corrected chi connectivity index (χ2v) is 6.95. The van der Waals surface area contributed by atoms with Gasteiger partial charge in [0.05, 0.1) is 13.7 Å². The van der Waals surface area contributed by atoms with Crippen molar-refractivity contribution in [2.45, 2.75) is 24.8 Å². The molecule has 1 unspecified atom stereocenters. The molecule has 3 heterocycles. The zero-order valence-corrected chi connectivity index (χ0v) is 16.2. The Balaban J connectivity index is 1.81. The fourth-order valence-corrected chi connectivity index (χ4v) is 3.66. The smallest absolute Gasteiger partial charge is 0.354 e. The molecule has 4 rings (SSSR count). The van der Waals surface area contributed by atoms with Crippen LogP contribution < -0.4 is 10.2 Å². The zero-order valence-electron chi connectivity index (χ0n) is 14.6. The lowest BCUT2D eigenvalue weighted by Crippen LogP contribution is -2.39. The van der Waals surface area contributed by atoms with Crippen molar-refractivity contribution in [3.63, 3.8) is 0 Å². The number of nitroso groups, excluding NO2 is 1. The van der Waals surface area contributed by atoms with Crippen molar-refractivity contribution >= 4 is 27.6 Å². The Morgan fingerprint density at radius 1 is 1.38 bits per heavy atom. The molecule has 136 valence electrons. The third-order valence-electron chi connectivity index (χ3n) is 4.54. The number of guanidine groups is 1. The van der Waals surface area contributed by atoms with Gasteiger partial charge in [0, 0.05) is 10.3 Å². The number of benzene rings is 1. The minimum absolute atomic E-state index is 0.487. The van der Waals surface area contributed by atoms with E-state index in [2.05, 4.69) is 38.3 Å². The van der Waals surface area contributed by atoms with Crippen molar-refractivity contribution in [3.05, 3.63) is 46.3 Å². The number of halogens is 1. The number of hydrogen-bond acceptors (Lipinski definition) is 7. The molecular weight excluding hydrogens is 400 g/mol. The Kier molecular flexibility index (Phi) is 4.49. The predicted molar refractivity (Wildman–Crippen MR) is 102 cm³/mol. The highest BCUT2D eigenvalue weighted by Gasteiger charge is 2.53. The van der Waals surface area contributed by atoms with Crippen LogP contribution in [0.4, 0.5) is 0 Å². The normalized spacial score (nSPS) is 21.7. The predicted octanol–water partition coefficient (Wildman–Crippen LogP) is 2.37. The molecule has 3 aliphatic rings. The van der Waals surface area contributed by atoms with Crippen molar-refractivity contribution in [2.24, 2.45) is 9.98 Å². The lowest BCUT2D eigenvalue weighted by Gasteiger charge is -2.19. The molecular formula is C17H20BrN6O2+. The number of nitrogens with zero attached hydrogens (tertiary/aromatic N) is 5. The van der Waals surface area contributed by atoms with Crippen LogP contribution in [-0.4, -0.2) is 51.7 Å². The fourth-order valence-electron chi connectivity index (χ4n) is 3.26. The first-order chi connectivity index (χ1) is 12.7. The molecule has 1 aromatic carbocycles. The van der Waals surface area contributed by atoms with Crippen LogP contribution >= 0.6 is 15.9 Å². The molecule has 26 heavy (non-hydrogen) atoms. The van der Waals surface area contributed by atoms with E-state index in [1.807, 2.05) is 34.2 Å². The maximum Gasteiger partial charge on any atom is 0.354 e. The van der Waals surface area contributed by atoms with Crippen LogP contribution in [0.2, 0.25) is 0 Å². The summed E-state index contributed by atoms with van der Waals surface area (Å²) in [5, 5.41) is 1.20. The number of rotatable bonds is 5. The molecule has 0 bridgehead atoms. The van der Waals surface area contributed by atoms with Crippen LogP contribution in [0, 0.1) is 4.91 Å². The van der Waals surface area contributed by atoms with E-state index in [-0.39, 0.29) is 0 Å². The van der Waals surface area contributed by atoms with E-state index in [1.54, 1.807) is 7.11 Å². The summed E-state index contributed by atoms with van der Waals surface area (Å²) < 4.78 is 6.15. The van der Waals surface area contributed by atoms with Crippen LogP contribution in [0.15, 0.2) is 45.8 Å². The van der Waals surface area contributed by atoms with Crippen molar-refractivity contribution in [1.82, 2.24) is 15.3 Å². The average molecular weight is 420 g/mol. The van der Waals surface area contributed by atoms with Gasteiger partial charge in [0.2, 0.25) is 0 Å². The van der Waals surface area contributed by atoms with Crippen LogP contribution in [-0.2, 0) is 0 Å². The topological polar surface area (TPSA) is 72.5 Å². The third kappa shape index (κ3) is 2.62. The number of allylic oxidation sites excluding steroid dienone is 1. The molecule has 0 amide bonds. The highest BCUT2D eigenvalue weighted by atomic mass is 79.9. The van der Waals surface area contributed by atoms with Crippen molar-refractivity contribution in [3.8, 4) is 5.75 Å². The van der Waals surface area contributed by atoms with Gasteiger partial charge < -0.3 is 4.74 Å². The molecule has 1 N–H and O–H groups in total. The van der Waals surface area contributed by atoms with E-state index in [9.17, 15) is 4.91 Å². The van der Waals surface area contributed by atoms with Gasteiger partial charge in [-0.1, -0.05) is 18.3 Å². The second kappa shape index (κ2) is 6.81. The summed E-state index contributed by atoms with van der Waals surface area (Å²) in [6.07, 6.45) is 2.01. The van der Waals surface area contributed by atoms with Gasteiger partial charge in [0.25, 0.3) is 5.08 Å². The summed E-state index contributed by atoms with van der Waals surface area (Å²) in [4.78, 5) is 23.9. The number of alkyl halides is 1. The van der Waals surface area contributed by atoms with Crippen molar-refractivity contribution < 1.29 is 9.50 Å². The molecule has 8 nitrogen and oxygen atoms in total. The van der Waals surface area contributed by atoms with Gasteiger partial charge in [-0.2, -0.15) is 4.90 Å². The van der Waals surface area contributed by atoms with Gasteiger partial charge in [0.1, 0.15) is 18.1 Å². The SMILES string of the molecule is CCCCN1C2=NCNN2C2=C1[N+](=O)C(Br)N=C2c1ccc(OC)cc1. The first-order valence-corrected chi connectivity index (χ1v) is 9.50. The number of hydrazine groups is 1. The Labute approximate surface area is 159 Å². The third-order valence-corrected chi connectivity index (χ3v) is 5.12.